The minimum atomic E-state index is -0.426. The average molecular weight is 281 g/mol. The first-order valence-corrected chi connectivity index (χ1v) is 6.32. The third kappa shape index (κ3) is 2.49. The predicted molar refractivity (Wildman–Crippen MR) is 72.4 cm³/mol. The molecule has 2 rings (SSSR count). The smallest absolute Gasteiger partial charge is 0.231 e. The van der Waals surface area contributed by atoms with Gasteiger partial charge in [0, 0.05) is 5.02 Å². The maximum Gasteiger partial charge on any atom is 0.231 e. The number of hydrogen-bond acceptors (Lipinski definition) is 4. The SMILES string of the molecule is CC(=O)C1=C(O)C(=Cc2ccc(Cl)cc2)SC1=O. The summed E-state index contributed by atoms with van der Waals surface area (Å²) in [7, 11) is 0. The van der Waals surface area contributed by atoms with Gasteiger partial charge in [0.1, 0.15) is 11.3 Å². The van der Waals surface area contributed by atoms with E-state index in [1.807, 2.05) is 0 Å². The van der Waals surface area contributed by atoms with Crippen LogP contribution in [0.4, 0.5) is 0 Å². The molecule has 3 nitrogen and oxygen atoms in total. The fourth-order valence-electron chi connectivity index (χ4n) is 1.54. The van der Waals surface area contributed by atoms with Crippen LogP contribution in [0.25, 0.3) is 6.08 Å². The second-order valence-corrected chi connectivity index (χ2v) is 5.18. The number of hydrogen-bond donors (Lipinski definition) is 1. The molecule has 5 heteroatoms. The van der Waals surface area contributed by atoms with Crippen LogP contribution in [0.2, 0.25) is 5.02 Å². The number of rotatable bonds is 2. The summed E-state index contributed by atoms with van der Waals surface area (Å²) >= 11 is 6.61. The Morgan fingerprint density at radius 2 is 1.94 bits per heavy atom. The van der Waals surface area contributed by atoms with Crippen LogP contribution in [0.5, 0.6) is 0 Å². The molecular formula is C13H9ClO3S. The lowest BCUT2D eigenvalue weighted by atomic mass is 10.1. The molecule has 92 valence electrons. The van der Waals surface area contributed by atoms with Gasteiger partial charge in [0.05, 0.1) is 4.91 Å². The number of halogens is 1. The molecular weight excluding hydrogens is 272 g/mol. The molecule has 1 aromatic carbocycles. The molecule has 0 atom stereocenters. The number of benzene rings is 1. The van der Waals surface area contributed by atoms with E-state index < -0.39 is 10.9 Å². The quantitative estimate of drug-likeness (QED) is 0.844. The van der Waals surface area contributed by atoms with E-state index in [0.29, 0.717) is 9.93 Å². The monoisotopic (exact) mass is 280 g/mol. The molecule has 1 heterocycles. The van der Waals surface area contributed by atoms with Crippen LogP contribution in [0.3, 0.4) is 0 Å². The van der Waals surface area contributed by atoms with Crippen molar-refractivity contribution in [2.75, 3.05) is 0 Å². The van der Waals surface area contributed by atoms with Gasteiger partial charge in [-0.25, -0.2) is 0 Å². The zero-order valence-corrected chi connectivity index (χ0v) is 11.0. The number of Topliss-reactive ketones (excluding diaryl/α,β-unsaturated/α-hetero) is 1. The first-order chi connectivity index (χ1) is 8.49. The second kappa shape index (κ2) is 5.00. The molecule has 0 saturated heterocycles. The van der Waals surface area contributed by atoms with Gasteiger partial charge >= 0.3 is 0 Å². The van der Waals surface area contributed by atoms with Crippen molar-refractivity contribution in [3.8, 4) is 0 Å². The average Bonchev–Trinajstić information content (AvgIpc) is 2.57. The molecule has 1 aliphatic heterocycles. The third-order valence-corrected chi connectivity index (χ3v) is 3.57. The number of carbonyl (C=O) groups excluding carboxylic acids is 2. The summed E-state index contributed by atoms with van der Waals surface area (Å²) in [5, 5.41) is 10.0. The van der Waals surface area contributed by atoms with Gasteiger partial charge in [-0.1, -0.05) is 23.7 Å². The summed E-state index contributed by atoms with van der Waals surface area (Å²) in [5.74, 6) is -0.669. The lowest BCUT2D eigenvalue weighted by Crippen LogP contribution is -2.03. The summed E-state index contributed by atoms with van der Waals surface area (Å²) in [6.07, 6.45) is 1.64. The van der Waals surface area contributed by atoms with Crippen LogP contribution in [0.15, 0.2) is 40.5 Å². The zero-order valence-electron chi connectivity index (χ0n) is 9.44. The van der Waals surface area contributed by atoms with Gasteiger partial charge in [-0.3, -0.25) is 9.59 Å². The number of aliphatic hydroxyl groups excluding tert-OH is 1. The molecule has 0 fully saturated rings. The van der Waals surface area contributed by atoms with Gasteiger partial charge in [0.2, 0.25) is 5.12 Å². The van der Waals surface area contributed by atoms with Crippen molar-refractivity contribution in [3.05, 3.63) is 51.1 Å². The minimum Gasteiger partial charge on any atom is -0.506 e. The summed E-state index contributed by atoms with van der Waals surface area (Å²) in [4.78, 5) is 23.1. The van der Waals surface area contributed by atoms with E-state index in [0.717, 1.165) is 17.3 Å². The van der Waals surface area contributed by atoms with E-state index in [1.54, 1.807) is 30.3 Å². The van der Waals surface area contributed by atoms with E-state index >= 15 is 0 Å². The molecule has 0 amide bonds. The zero-order chi connectivity index (χ0) is 13.3. The first-order valence-electron chi connectivity index (χ1n) is 5.13. The largest absolute Gasteiger partial charge is 0.506 e. The molecule has 0 radical (unpaired) electrons. The summed E-state index contributed by atoms with van der Waals surface area (Å²) in [5.41, 5.74) is 0.659. The highest BCUT2D eigenvalue weighted by Gasteiger charge is 2.31. The topological polar surface area (TPSA) is 54.4 Å². The summed E-state index contributed by atoms with van der Waals surface area (Å²) in [6, 6.07) is 6.95. The van der Waals surface area contributed by atoms with Crippen molar-refractivity contribution in [2.45, 2.75) is 6.92 Å². The second-order valence-electron chi connectivity index (χ2n) is 3.73. The molecule has 18 heavy (non-hydrogen) atoms. The van der Waals surface area contributed by atoms with Gasteiger partial charge in [-0.15, -0.1) is 0 Å². The number of ketones is 1. The van der Waals surface area contributed by atoms with Gasteiger partial charge in [0.25, 0.3) is 0 Å². The van der Waals surface area contributed by atoms with Crippen molar-refractivity contribution in [2.24, 2.45) is 0 Å². The molecule has 0 aromatic heterocycles. The van der Waals surface area contributed by atoms with Crippen LogP contribution in [-0.4, -0.2) is 16.0 Å². The lowest BCUT2D eigenvalue weighted by molar-refractivity contribution is -0.116. The Morgan fingerprint density at radius 1 is 1.33 bits per heavy atom. The summed E-state index contributed by atoms with van der Waals surface area (Å²) in [6.45, 7) is 1.26. The maximum absolute atomic E-state index is 11.5. The highest BCUT2D eigenvalue weighted by atomic mass is 35.5. The number of thioether (sulfide) groups is 1. The van der Waals surface area contributed by atoms with Crippen molar-refractivity contribution in [1.82, 2.24) is 0 Å². The van der Waals surface area contributed by atoms with Crippen molar-refractivity contribution < 1.29 is 14.7 Å². The van der Waals surface area contributed by atoms with Crippen molar-refractivity contribution in [1.29, 1.82) is 0 Å². The molecule has 1 aliphatic rings. The Balaban J connectivity index is 2.39. The normalized spacial score (nSPS) is 17.7. The summed E-state index contributed by atoms with van der Waals surface area (Å²) < 4.78 is 0. The number of carbonyl (C=O) groups is 2. The van der Waals surface area contributed by atoms with Gasteiger partial charge in [0.15, 0.2) is 5.78 Å². The predicted octanol–water partition coefficient (Wildman–Crippen LogP) is 3.36. The first kappa shape index (κ1) is 12.9. The Hall–Kier alpha value is -1.52. The van der Waals surface area contributed by atoms with Crippen LogP contribution in [0, 0.1) is 0 Å². The molecule has 0 bridgehead atoms. The maximum atomic E-state index is 11.5. The van der Waals surface area contributed by atoms with Gasteiger partial charge < -0.3 is 5.11 Å². The highest BCUT2D eigenvalue weighted by molar-refractivity contribution is 8.18. The third-order valence-electron chi connectivity index (χ3n) is 2.40. The molecule has 0 unspecified atom stereocenters. The molecule has 0 spiro atoms. The Bertz CT molecular complexity index is 585. The van der Waals surface area contributed by atoms with Crippen LogP contribution in [0.1, 0.15) is 12.5 Å². The van der Waals surface area contributed by atoms with E-state index in [4.69, 9.17) is 11.6 Å². The highest BCUT2D eigenvalue weighted by Crippen LogP contribution is 2.37. The molecule has 1 N–H and O–H groups in total. The Morgan fingerprint density at radius 3 is 2.44 bits per heavy atom. The van der Waals surface area contributed by atoms with Crippen molar-refractivity contribution >= 4 is 40.3 Å². The van der Waals surface area contributed by atoms with Crippen LogP contribution < -0.4 is 0 Å². The van der Waals surface area contributed by atoms with Gasteiger partial charge in [-0.2, -0.15) is 0 Å². The van der Waals surface area contributed by atoms with Crippen molar-refractivity contribution in [3.63, 3.8) is 0 Å². The van der Waals surface area contributed by atoms with Crippen LogP contribution in [-0.2, 0) is 9.59 Å². The van der Waals surface area contributed by atoms with Crippen LogP contribution >= 0.6 is 23.4 Å². The van der Waals surface area contributed by atoms with Gasteiger partial charge in [-0.05, 0) is 42.5 Å². The van der Waals surface area contributed by atoms with E-state index in [9.17, 15) is 14.7 Å². The fraction of sp³-hybridized carbons (Fsp3) is 0.0769. The molecule has 0 saturated carbocycles. The Kier molecular flexibility index (Phi) is 3.59. The minimum absolute atomic E-state index is 0.139. The standard InChI is InChI=1S/C13H9ClO3S/c1-7(15)11-12(16)10(18-13(11)17)6-8-2-4-9(14)5-3-8/h2-6,16H,1H3. The van der Waals surface area contributed by atoms with E-state index in [-0.39, 0.29) is 11.3 Å². The van der Waals surface area contributed by atoms with E-state index in [2.05, 4.69) is 0 Å². The lowest BCUT2D eigenvalue weighted by Gasteiger charge is -1.98. The Labute approximate surface area is 113 Å². The molecule has 1 aromatic rings. The molecule has 0 aliphatic carbocycles. The number of aliphatic hydroxyl groups is 1. The van der Waals surface area contributed by atoms with E-state index in [1.165, 1.54) is 6.92 Å². The fourth-order valence-corrected chi connectivity index (χ4v) is 2.60.